The molecule has 0 fully saturated rings. The van der Waals surface area contributed by atoms with Crippen LogP contribution in [0.25, 0.3) is 0 Å². The maximum atomic E-state index is 12.5. The van der Waals surface area contributed by atoms with Gasteiger partial charge in [0.1, 0.15) is 10.6 Å². The second kappa shape index (κ2) is 7.92. The van der Waals surface area contributed by atoms with Crippen molar-refractivity contribution in [1.82, 2.24) is 10.3 Å². The molecular formula is C17H20N2O4S. The van der Waals surface area contributed by atoms with Crippen molar-refractivity contribution in [2.45, 2.75) is 26.3 Å². The van der Waals surface area contributed by atoms with Crippen molar-refractivity contribution in [3.63, 3.8) is 0 Å². The van der Waals surface area contributed by atoms with Crippen LogP contribution in [0, 0.1) is 13.8 Å². The Balaban J connectivity index is 2.23. The Labute approximate surface area is 144 Å². The van der Waals surface area contributed by atoms with Crippen LogP contribution < -0.4 is 10.1 Å². The molecule has 1 heterocycles. The highest BCUT2D eigenvalue weighted by atomic mass is 32.1. The maximum Gasteiger partial charge on any atom is 0.307 e. The Morgan fingerprint density at radius 2 is 1.88 bits per heavy atom. The molecule has 2 aromatic rings. The van der Waals surface area contributed by atoms with Crippen molar-refractivity contribution in [2.75, 3.05) is 14.2 Å². The first-order valence-corrected chi connectivity index (χ1v) is 8.22. The number of esters is 1. The van der Waals surface area contributed by atoms with Crippen LogP contribution in [0.3, 0.4) is 0 Å². The Hall–Kier alpha value is -2.41. The van der Waals surface area contributed by atoms with E-state index in [2.05, 4.69) is 10.3 Å². The predicted molar refractivity (Wildman–Crippen MR) is 91.4 cm³/mol. The summed E-state index contributed by atoms with van der Waals surface area (Å²) in [5.41, 5.74) is 1.48. The molecule has 0 radical (unpaired) electrons. The number of thiazole rings is 1. The van der Waals surface area contributed by atoms with Crippen LogP contribution in [0.2, 0.25) is 0 Å². The lowest BCUT2D eigenvalue weighted by atomic mass is 10.0. The summed E-state index contributed by atoms with van der Waals surface area (Å²) in [5, 5.41) is 3.72. The number of hydrogen-bond acceptors (Lipinski definition) is 6. The fraction of sp³-hybridized carbons (Fsp3) is 0.353. The van der Waals surface area contributed by atoms with Gasteiger partial charge in [0.25, 0.3) is 5.91 Å². The van der Waals surface area contributed by atoms with Gasteiger partial charge < -0.3 is 14.8 Å². The van der Waals surface area contributed by atoms with E-state index in [-0.39, 0.29) is 12.3 Å². The average Bonchev–Trinajstić information content (AvgIpc) is 2.92. The number of nitrogens with one attached hydrogen (secondary N) is 1. The van der Waals surface area contributed by atoms with Gasteiger partial charge in [0.2, 0.25) is 0 Å². The Bertz CT molecular complexity index is 725. The van der Waals surface area contributed by atoms with E-state index < -0.39 is 12.0 Å². The van der Waals surface area contributed by atoms with E-state index in [0.717, 1.165) is 10.6 Å². The number of aryl methyl sites for hydroxylation is 2. The molecule has 1 amide bonds. The average molecular weight is 348 g/mol. The highest BCUT2D eigenvalue weighted by molar-refractivity contribution is 7.13. The van der Waals surface area contributed by atoms with Gasteiger partial charge in [-0.3, -0.25) is 9.59 Å². The Kier molecular flexibility index (Phi) is 5.92. The molecule has 0 unspecified atom stereocenters. The van der Waals surface area contributed by atoms with Gasteiger partial charge in [0.05, 0.1) is 37.4 Å². The number of aromatic nitrogens is 1. The van der Waals surface area contributed by atoms with E-state index in [4.69, 9.17) is 9.47 Å². The highest BCUT2D eigenvalue weighted by Crippen LogP contribution is 2.23. The number of nitrogens with zero attached hydrogens (tertiary/aromatic N) is 1. The molecule has 1 atom stereocenters. The molecule has 0 aliphatic rings. The van der Waals surface area contributed by atoms with E-state index in [1.807, 2.05) is 19.1 Å². The molecule has 128 valence electrons. The van der Waals surface area contributed by atoms with E-state index >= 15 is 0 Å². The molecule has 0 aliphatic carbocycles. The molecule has 0 saturated carbocycles. The molecule has 24 heavy (non-hydrogen) atoms. The quantitative estimate of drug-likeness (QED) is 0.812. The molecule has 7 heteroatoms. The van der Waals surface area contributed by atoms with E-state index in [1.165, 1.54) is 18.4 Å². The number of carbonyl (C=O) groups excluding carboxylic acids is 2. The molecule has 6 nitrogen and oxygen atoms in total. The van der Waals surface area contributed by atoms with Crippen LogP contribution in [-0.4, -0.2) is 31.1 Å². The fourth-order valence-electron chi connectivity index (χ4n) is 2.30. The lowest BCUT2D eigenvalue weighted by molar-refractivity contribution is -0.141. The molecule has 1 aromatic carbocycles. The van der Waals surface area contributed by atoms with Gasteiger partial charge in [0.15, 0.2) is 0 Å². The van der Waals surface area contributed by atoms with Crippen molar-refractivity contribution < 1.29 is 19.1 Å². The zero-order valence-corrected chi connectivity index (χ0v) is 14.9. The third kappa shape index (κ3) is 4.32. The molecule has 0 saturated heterocycles. The SMILES string of the molecule is COC(=O)C[C@@H](NC(=O)c1sc(C)nc1C)c1ccc(OC)cc1. The van der Waals surface area contributed by atoms with Crippen LogP contribution in [0.1, 0.15) is 38.4 Å². The molecule has 1 N–H and O–H groups in total. The second-order valence-electron chi connectivity index (χ2n) is 5.23. The summed E-state index contributed by atoms with van der Waals surface area (Å²) in [6.07, 6.45) is 0.0470. The molecule has 0 bridgehead atoms. The van der Waals surface area contributed by atoms with Gasteiger partial charge in [0, 0.05) is 0 Å². The number of benzene rings is 1. The lowest BCUT2D eigenvalue weighted by Gasteiger charge is -2.18. The van der Waals surface area contributed by atoms with E-state index in [1.54, 1.807) is 26.2 Å². The van der Waals surface area contributed by atoms with Crippen LogP contribution in [0.4, 0.5) is 0 Å². The topological polar surface area (TPSA) is 77.5 Å². The number of amides is 1. The summed E-state index contributed by atoms with van der Waals surface area (Å²) in [6, 6.07) is 6.72. The number of rotatable bonds is 6. The first-order valence-electron chi connectivity index (χ1n) is 7.40. The summed E-state index contributed by atoms with van der Waals surface area (Å²) >= 11 is 1.33. The van der Waals surface area contributed by atoms with Crippen LogP contribution in [0.15, 0.2) is 24.3 Å². The minimum Gasteiger partial charge on any atom is -0.497 e. The summed E-state index contributed by atoms with van der Waals surface area (Å²) in [5.74, 6) is 0.0620. The minimum absolute atomic E-state index is 0.0470. The molecular weight excluding hydrogens is 328 g/mol. The van der Waals surface area contributed by atoms with Crippen LogP contribution in [0.5, 0.6) is 5.75 Å². The van der Waals surface area contributed by atoms with Crippen molar-refractivity contribution in [2.24, 2.45) is 0 Å². The van der Waals surface area contributed by atoms with E-state index in [0.29, 0.717) is 16.3 Å². The number of hydrogen-bond donors (Lipinski definition) is 1. The maximum absolute atomic E-state index is 12.5. The summed E-state index contributed by atoms with van der Waals surface area (Å²) in [6.45, 7) is 3.64. The third-order valence-electron chi connectivity index (χ3n) is 3.53. The summed E-state index contributed by atoms with van der Waals surface area (Å²) < 4.78 is 9.87. The van der Waals surface area contributed by atoms with Crippen molar-refractivity contribution in [3.8, 4) is 5.75 Å². The minimum atomic E-state index is -0.488. The van der Waals surface area contributed by atoms with Gasteiger partial charge >= 0.3 is 5.97 Å². The first-order chi connectivity index (χ1) is 11.4. The Morgan fingerprint density at radius 1 is 1.21 bits per heavy atom. The second-order valence-corrected chi connectivity index (χ2v) is 6.43. The third-order valence-corrected chi connectivity index (χ3v) is 4.60. The Morgan fingerprint density at radius 3 is 2.38 bits per heavy atom. The molecule has 0 spiro atoms. The number of methoxy groups -OCH3 is 2. The van der Waals surface area contributed by atoms with Crippen LogP contribution >= 0.6 is 11.3 Å². The highest BCUT2D eigenvalue weighted by Gasteiger charge is 2.22. The predicted octanol–water partition coefficient (Wildman–Crippen LogP) is 2.80. The van der Waals surface area contributed by atoms with Gasteiger partial charge in [-0.15, -0.1) is 11.3 Å². The normalized spacial score (nSPS) is 11.7. The van der Waals surface area contributed by atoms with Crippen molar-refractivity contribution >= 4 is 23.2 Å². The molecule has 0 aliphatic heterocycles. The monoisotopic (exact) mass is 348 g/mol. The molecule has 1 aromatic heterocycles. The van der Waals surface area contributed by atoms with Crippen molar-refractivity contribution in [3.05, 3.63) is 45.4 Å². The van der Waals surface area contributed by atoms with Gasteiger partial charge in [-0.1, -0.05) is 12.1 Å². The zero-order chi connectivity index (χ0) is 17.7. The standard InChI is InChI=1S/C17H20N2O4S/c1-10-16(24-11(2)18-10)17(21)19-14(9-15(20)23-4)12-5-7-13(22-3)8-6-12/h5-8,14H,9H2,1-4H3,(H,19,21)/t14-/m1/s1. The van der Waals surface area contributed by atoms with Gasteiger partial charge in [-0.2, -0.15) is 0 Å². The number of ether oxygens (including phenoxy) is 2. The van der Waals surface area contributed by atoms with Crippen molar-refractivity contribution in [1.29, 1.82) is 0 Å². The largest absolute Gasteiger partial charge is 0.497 e. The van der Waals surface area contributed by atoms with E-state index in [9.17, 15) is 9.59 Å². The van der Waals surface area contributed by atoms with Gasteiger partial charge in [-0.05, 0) is 31.5 Å². The fourth-order valence-corrected chi connectivity index (χ4v) is 3.13. The lowest BCUT2D eigenvalue weighted by Crippen LogP contribution is -2.30. The summed E-state index contributed by atoms with van der Waals surface area (Å²) in [7, 11) is 2.91. The zero-order valence-electron chi connectivity index (χ0n) is 14.1. The molecule has 2 rings (SSSR count). The smallest absolute Gasteiger partial charge is 0.307 e. The van der Waals surface area contributed by atoms with Crippen LogP contribution in [-0.2, 0) is 9.53 Å². The first kappa shape index (κ1) is 17.9. The summed E-state index contributed by atoms with van der Waals surface area (Å²) in [4.78, 5) is 29.1. The van der Waals surface area contributed by atoms with Gasteiger partial charge in [-0.25, -0.2) is 4.98 Å². The number of carbonyl (C=O) groups is 2.